The van der Waals surface area contributed by atoms with Crippen molar-refractivity contribution in [2.45, 2.75) is 32.6 Å². The minimum absolute atomic E-state index is 0.0461. The van der Waals surface area contributed by atoms with Gasteiger partial charge < -0.3 is 15.3 Å². The Morgan fingerprint density at radius 1 is 1.36 bits per heavy atom. The van der Waals surface area contributed by atoms with E-state index in [0.717, 1.165) is 19.5 Å². The molecule has 5 heteroatoms. The number of carbonyl (C=O) groups is 2. The van der Waals surface area contributed by atoms with Gasteiger partial charge >= 0.3 is 5.97 Å². The zero-order valence-corrected chi connectivity index (χ0v) is 13.0. The van der Waals surface area contributed by atoms with Gasteiger partial charge in [0.1, 0.15) is 0 Å². The number of nitrogens with one attached hydrogen (secondary N) is 1. The van der Waals surface area contributed by atoms with Crippen LogP contribution in [0.25, 0.3) is 0 Å². The Balaban J connectivity index is 1.70. The molecule has 1 aliphatic rings. The zero-order chi connectivity index (χ0) is 15.9. The van der Waals surface area contributed by atoms with E-state index in [-0.39, 0.29) is 12.3 Å². The van der Waals surface area contributed by atoms with E-state index in [9.17, 15) is 9.59 Å². The van der Waals surface area contributed by atoms with E-state index in [0.29, 0.717) is 25.3 Å². The van der Waals surface area contributed by atoms with Gasteiger partial charge in [-0.25, -0.2) is 0 Å². The molecule has 1 atom stereocenters. The van der Waals surface area contributed by atoms with Gasteiger partial charge in [-0.05, 0) is 43.4 Å². The van der Waals surface area contributed by atoms with Gasteiger partial charge in [-0.15, -0.1) is 0 Å². The molecule has 1 saturated heterocycles. The number of amides is 1. The maximum Gasteiger partial charge on any atom is 0.303 e. The van der Waals surface area contributed by atoms with Crippen molar-refractivity contribution in [3.63, 3.8) is 0 Å². The van der Waals surface area contributed by atoms with Crippen molar-refractivity contribution in [1.29, 1.82) is 0 Å². The summed E-state index contributed by atoms with van der Waals surface area (Å²) in [7, 11) is 0. The predicted molar refractivity (Wildman–Crippen MR) is 86.0 cm³/mol. The maximum atomic E-state index is 11.7. The molecule has 0 saturated carbocycles. The number of carboxylic acid groups (broad SMARTS) is 1. The summed E-state index contributed by atoms with van der Waals surface area (Å²) < 4.78 is 0. The number of aryl methyl sites for hydroxylation is 1. The first kappa shape index (κ1) is 16.3. The molecule has 2 N–H and O–H groups in total. The van der Waals surface area contributed by atoms with Crippen molar-refractivity contribution in [2.75, 3.05) is 24.5 Å². The number of anilines is 1. The number of carboxylic acids is 1. The molecule has 22 heavy (non-hydrogen) atoms. The van der Waals surface area contributed by atoms with Crippen LogP contribution in [0.5, 0.6) is 0 Å². The third kappa shape index (κ3) is 5.06. The van der Waals surface area contributed by atoms with Gasteiger partial charge in [-0.1, -0.05) is 12.1 Å². The van der Waals surface area contributed by atoms with Crippen molar-refractivity contribution >= 4 is 17.6 Å². The summed E-state index contributed by atoms with van der Waals surface area (Å²) in [4.78, 5) is 24.4. The Labute approximate surface area is 131 Å². The molecule has 120 valence electrons. The second kappa shape index (κ2) is 7.82. The Kier molecular flexibility index (Phi) is 5.81. The topological polar surface area (TPSA) is 69.6 Å². The molecule has 1 aromatic rings. The first-order valence-corrected chi connectivity index (χ1v) is 7.84. The quantitative estimate of drug-likeness (QED) is 0.810. The SMILES string of the molecule is Cc1cccc(N2CC[C@@H](CNC(=O)CCCC(=O)O)C2)c1. The molecule has 0 radical (unpaired) electrons. The van der Waals surface area contributed by atoms with Crippen LogP contribution in [0.3, 0.4) is 0 Å². The van der Waals surface area contributed by atoms with Crippen molar-refractivity contribution < 1.29 is 14.7 Å². The van der Waals surface area contributed by atoms with Crippen LogP contribution < -0.4 is 10.2 Å². The largest absolute Gasteiger partial charge is 0.481 e. The van der Waals surface area contributed by atoms with Gasteiger partial charge in [0.05, 0.1) is 0 Å². The van der Waals surface area contributed by atoms with Gasteiger partial charge in [0.15, 0.2) is 0 Å². The van der Waals surface area contributed by atoms with Crippen LogP contribution in [0, 0.1) is 12.8 Å². The molecule has 0 spiro atoms. The minimum Gasteiger partial charge on any atom is -0.481 e. The zero-order valence-electron chi connectivity index (χ0n) is 13.0. The van der Waals surface area contributed by atoms with Crippen LogP contribution in [0.1, 0.15) is 31.2 Å². The van der Waals surface area contributed by atoms with E-state index in [1.54, 1.807) is 0 Å². The number of nitrogens with zero attached hydrogens (tertiary/aromatic N) is 1. The fraction of sp³-hybridized carbons (Fsp3) is 0.529. The molecule has 2 rings (SSSR count). The third-order valence-corrected chi connectivity index (χ3v) is 4.04. The molecule has 1 aromatic carbocycles. The summed E-state index contributed by atoms with van der Waals surface area (Å²) >= 11 is 0. The van der Waals surface area contributed by atoms with E-state index < -0.39 is 5.97 Å². The molecule has 1 heterocycles. The molecular formula is C17H24N2O3. The van der Waals surface area contributed by atoms with Crippen molar-refractivity contribution in [3.8, 4) is 0 Å². The van der Waals surface area contributed by atoms with Gasteiger partial charge in [0, 0.05) is 38.2 Å². The molecule has 1 fully saturated rings. The van der Waals surface area contributed by atoms with E-state index >= 15 is 0 Å². The Hall–Kier alpha value is -2.04. The Bertz CT molecular complexity index is 530. The normalized spacial score (nSPS) is 17.5. The summed E-state index contributed by atoms with van der Waals surface area (Å²) in [6.07, 6.45) is 1.82. The average molecular weight is 304 g/mol. The Morgan fingerprint density at radius 2 is 2.18 bits per heavy atom. The second-order valence-corrected chi connectivity index (χ2v) is 5.99. The molecule has 0 unspecified atom stereocenters. The highest BCUT2D eigenvalue weighted by molar-refractivity contribution is 5.76. The number of carbonyl (C=O) groups excluding carboxylic acids is 1. The summed E-state index contributed by atoms with van der Waals surface area (Å²) in [5.74, 6) is -0.434. The van der Waals surface area contributed by atoms with Gasteiger partial charge in [-0.2, -0.15) is 0 Å². The maximum absolute atomic E-state index is 11.7. The summed E-state index contributed by atoms with van der Waals surface area (Å²) in [5.41, 5.74) is 2.50. The van der Waals surface area contributed by atoms with Crippen LogP contribution >= 0.6 is 0 Å². The summed E-state index contributed by atoms with van der Waals surface area (Å²) in [6, 6.07) is 8.48. The molecule has 0 aliphatic carbocycles. The lowest BCUT2D eigenvalue weighted by molar-refractivity contribution is -0.137. The lowest BCUT2D eigenvalue weighted by atomic mass is 10.1. The standard InChI is InChI=1S/C17H24N2O3/c1-13-4-2-5-15(10-13)19-9-8-14(12-19)11-18-16(20)6-3-7-17(21)22/h2,4-5,10,14H,3,6-9,11-12H2,1H3,(H,18,20)(H,21,22)/t14-/m0/s1. The number of hydrogen-bond acceptors (Lipinski definition) is 3. The molecule has 5 nitrogen and oxygen atoms in total. The lowest BCUT2D eigenvalue weighted by Crippen LogP contribution is -2.30. The number of benzene rings is 1. The second-order valence-electron chi connectivity index (χ2n) is 5.99. The van der Waals surface area contributed by atoms with Crippen LogP contribution in [-0.4, -0.2) is 36.6 Å². The van der Waals surface area contributed by atoms with E-state index in [1.807, 2.05) is 0 Å². The van der Waals surface area contributed by atoms with E-state index in [2.05, 4.69) is 41.4 Å². The smallest absolute Gasteiger partial charge is 0.303 e. The number of hydrogen-bond donors (Lipinski definition) is 2. The predicted octanol–water partition coefficient (Wildman–Crippen LogP) is 2.19. The highest BCUT2D eigenvalue weighted by Gasteiger charge is 2.23. The highest BCUT2D eigenvalue weighted by Crippen LogP contribution is 2.24. The molecular weight excluding hydrogens is 280 g/mol. The van der Waals surface area contributed by atoms with Gasteiger partial charge in [0.25, 0.3) is 0 Å². The highest BCUT2D eigenvalue weighted by atomic mass is 16.4. The monoisotopic (exact) mass is 304 g/mol. The average Bonchev–Trinajstić information content (AvgIpc) is 2.93. The van der Waals surface area contributed by atoms with Crippen LogP contribution in [-0.2, 0) is 9.59 Å². The fourth-order valence-corrected chi connectivity index (χ4v) is 2.81. The lowest BCUT2D eigenvalue weighted by Gasteiger charge is -2.19. The molecule has 0 bridgehead atoms. The summed E-state index contributed by atoms with van der Waals surface area (Å²) in [5, 5.41) is 11.5. The van der Waals surface area contributed by atoms with Crippen LogP contribution in [0.15, 0.2) is 24.3 Å². The first-order chi connectivity index (χ1) is 10.5. The Morgan fingerprint density at radius 3 is 2.91 bits per heavy atom. The van der Waals surface area contributed by atoms with Crippen molar-refractivity contribution in [1.82, 2.24) is 5.32 Å². The van der Waals surface area contributed by atoms with Gasteiger partial charge in [0.2, 0.25) is 5.91 Å². The van der Waals surface area contributed by atoms with Crippen LogP contribution in [0.4, 0.5) is 5.69 Å². The third-order valence-electron chi connectivity index (χ3n) is 4.04. The van der Waals surface area contributed by atoms with Crippen molar-refractivity contribution in [2.24, 2.45) is 5.92 Å². The van der Waals surface area contributed by atoms with E-state index in [1.165, 1.54) is 11.3 Å². The fourth-order valence-electron chi connectivity index (χ4n) is 2.81. The van der Waals surface area contributed by atoms with Crippen molar-refractivity contribution in [3.05, 3.63) is 29.8 Å². The molecule has 1 aliphatic heterocycles. The first-order valence-electron chi connectivity index (χ1n) is 7.84. The number of rotatable bonds is 7. The van der Waals surface area contributed by atoms with Crippen LogP contribution in [0.2, 0.25) is 0 Å². The minimum atomic E-state index is -0.850. The van der Waals surface area contributed by atoms with Gasteiger partial charge in [-0.3, -0.25) is 9.59 Å². The summed E-state index contributed by atoms with van der Waals surface area (Å²) in [6.45, 7) is 4.74. The number of aliphatic carboxylic acids is 1. The van der Waals surface area contributed by atoms with E-state index in [4.69, 9.17) is 5.11 Å². The molecule has 1 amide bonds. The molecule has 0 aromatic heterocycles.